The van der Waals surface area contributed by atoms with E-state index in [1.54, 1.807) is 14.2 Å². The van der Waals surface area contributed by atoms with Gasteiger partial charge in [-0.1, -0.05) is 17.7 Å². The maximum atomic E-state index is 10.9. The Morgan fingerprint density at radius 2 is 1.76 bits per heavy atom. The molecule has 1 fully saturated rings. The van der Waals surface area contributed by atoms with Gasteiger partial charge in [-0.3, -0.25) is 4.90 Å². The number of hydrogen-bond donors (Lipinski definition) is 1. The van der Waals surface area contributed by atoms with Gasteiger partial charge in [0.25, 0.3) is 0 Å². The van der Waals surface area contributed by atoms with Gasteiger partial charge < -0.3 is 14.6 Å². The highest BCUT2D eigenvalue weighted by Gasteiger charge is 2.34. The zero-order valence-electron chi connectivity index (χ0n) is 12.5. The fourth-order valence-corrected chi connectivity index (χ4v) is 2.74. The average molecular weight is 312 g/mol. The summed E-state index contributed by atoms with van der Waals surface area (Å²) in [6, 6.07) is 5.58. The molecule has 21 heavy (non-hydrogen) atoms. The van der Waals surface area contributed by atoms with Crippen molar-refractivity contribution in [3.63, 3.8) is 0 Å². The van der Waals surface area contributed by atoms with Gasteiger partial charge in [-0.15, -0.1) is 0 Å². The Bertz CT molecular complexity index is 474. The quantitative estimate of drug-likeness (QED) is 0.908. The van der Waals surface area contributed by atoms with Crippen molar-refractivity contribution in [2.75, 3.05) is 33.9 Å². The summed E-state index contributed by atoms with van der Waals surface area (Å²) in [6.45, 7) is 2.48. The van der Waals surface area contributed by atoms with Gasteiger partial charge in [0.1, 0.15) is 11.5 Å². The Balaban J connectivity index is 2.14. The van der Waals surface area contributed by atoms with E-state index in [-0.39, 0.29) is 0 Å². The van der Waals surface area contributed by atoms with Crippen LogP contribution in [0.3, 0.4) is 0 Å². The van der Waals surface area contributed by atoms with Crippen LogP contribution < -0.4 is 9.47 Å². The zero-order chi connectivity index (χ0) is 15.3. The molecular weight excluding hydrogens is 290 g/mol. The standard InChI is InChI=1S/C16H22ClNO3/c1-20-14-10-13(11-15(12-14)21-2)16(19)4-8-18(9-5-16)7-3-6-17/h3,6,10-12,19H,4-5,7-9H2,1-2H3/b6-3+. The van der Waals surface area contributed by atoms with Gasteiger partial charge >= 0.3 is 0 Å². The van der Waals surface area contributed by atoms with E-state index in [2.05, 4.69) is 4.90 Å². The van der Waals surface area contributed by atoms with Crippen LogP contribution in [0.15, 0.2) is 29.8 Å². The largest absolute Gasteiger partial charge is 0.497 e. The first-order chi connectivity index (χ1) is 10.1. The summed E-state index contributed by atoms with van der Waals surface area (Å²) in [6.07, 6.45) is 3.28. The maximum absolute atomic E-state index is 10.9. The van der Waals surface area contributed by atoms with Crippen molar-refractivity contribution in [3.05, 3.63) is 35.4 Å². The van der Waals surface area contributed by atoms with E-state index in [9.17, 15) is 5.11 Å². The second-order valence-electron chi connectivity index (χ2n) is 5.30. The fourth-order valence-electron chi connectivity index (χ4n) is 2.66. The molecule has 4 nitrogen and oxygen atoms in total. The van der Waals surface area contributed by atoms with Gasteiger partial charge in [0, 0.05) is 31.2 Å². The second-order valence-corrected chi connectivity index (χ2v) is 5.55. The van der Waals surface area contributed by atoms with Crippen LogP contribution in [-0.4, -0.2) is 43.9 Å². The minimum Gasteiger partial charge on any atom is -0.497 e. The molecule has 5 heteroatoms. The van der Waals surface area contributed by atoms with Crippen molar-refractivity contribution in [1.82, 2.24) is 4.90 Å². The van der Waals surface area contributed by atoms with Crippen LogP contribution >= 0.6 is 11.6 Å². The van der Waals surface area contributed by atoms with E-state index in [1.165, 1.54) is 5.54 Å². The van der Waals surface area contributed by atoms with E-state index in [4.69, 9.17) is 21.1 Å². The summed E-state index contributed by atoms with van der Waals surface area (Å²) in [4.78, 5) is 2.27. The van der Waals surface area contributed by atoms with Crippen LogP contribution in [0, 0.1) is 0 Å². The predicted octanol–water partition coefficient (Wildman–Crippen LogP) is 2.74. The van der Waals surface area contributed by atoms with Crippen LogP contribution in [0.25, 0.3) is 0 Å². The summed E-state index contributed by atoms with van der Waals surface area (Å²) in [7, 11) is 3.23. The number of rotatable bonds is 5. The van der Waals surface area contributed by atoms with Crippen LogP contribution in [-0.2, 0) is 5.60 Å². The Labute approximate surface area is 130 Å². The topological polar surface area (TPSA) is 41.9 Å². The summed E-state index contributed by atoms with van der Waals surface area (Å²) in [5.74, 6) is 1.40. The summed E-state index contributed by atoms with van der Waals surface area (Å²) in [5.41, 5.74) is 1.56. The molecule has 1 heterocycles. The molecule has 1 aliphatic heterocycles. The van der Waals surface area contributed by atoms with Crippen LogP contribution in [0.1, 0.15) is 18.4 Å². The monoisotopic (exact) mass is 311 g/mol. The van der Waals surface area contributed by atoms with Crippen molar-refractivity contribution < 1.29 is 14.6 Å². The number of ether oxygens (including phenoxy) is 2. The van der Waals surface area contributed by atoms with Crippen molar-refractivity contribution >= 4 is 11.6 Å². The molecule has 0 saturated carbocycles. The molecule has 0 spiro atoms. The molecule has 0 aliphatic carbocycles. The fraction of sp³-hybridized carbons (Fsp3) is 0.500. The number of hydrogen-bond acceptors (Lipinski definition) is 4. The third-order valence-electron chi connectivity index (χ3n) is 4.02. The average Bonchev–Trinajstić information content (AvgIpc) is 2.53. The first-order valence-electron chi connectivity index (χ1n) is 7.05. The van der Waals surface area contributed by atoms with Gasteiger partial charge in [0.15, 0.2) is 0 Å². The third kappa shape index (κ3) is 3.90. The summed E-state index contributed by atoms with van der Waals surface area (Å²) < 4.78 is 10.6. The molecule has 0 radical (unpaired) electrons. The number of aliphatic hydroxyl groups is 1. The van der Waals surface area contributed by atoms with Crippen molar-refractivity contribution in [2.24, 2.45) is 0 Å². The van der Waals surface area contributed by atoms with Gasteiger partial charge in [-0.25, -0.2) is 0 Å². The molecule has 1 aromatic rings. The normalized spacial score (nSPS) is 18.9. The molecule has 1 aromatic carbocycles. The van der Waals surface area contributed by atoms with Gasteiger partial charge in [0.2, 0.25) is 0 Å². The Kier molecular flexibility index (Phi) is 5.51. The van der Waals surface area contributed by atoms with E-state index in [0.717, 1.165) is 25.2 Å². The molecule has 1 N–H and O–H groups in total. The molecule has 1 aliphatic rings. The van der Waals surface area contributed by atoms with Crippen molar-refractivity contribution in [1.29, 1.82) is 0 Å². The molecule has 2 rings (SSSR count). The summed E-state index contributed by atoms with van der Waals surface area (Å²) in [5, 5.41) is 10.9. The van der Waals surface area contributed by atoms with Gasteiger partial charge in [0.05, 0.1) is 19.8 Å². The minimum atomic E-state index is -0.830. The van der Waals surface area contributed by atoms with Crippen LogP contribution in [0.5, 0.6) is 11.5 Å². The molecule has 0 atom stereocenters. The van der Waals surface area contributed by atoms with E-state index >= 15 is 0 Å². The molecule has 0 amide bonds. The molecule has 1 saturated heterocycles. The first-order valence-corrected chi connectivity index (χ1v) is 7.48. The van der Waals surface area contributed by atoms with E-state index in [0.29, 0.717) is 24.3 Å². The number of halogens is 1. The second kappa shape index (κ2) is 7.16. The minimum absolute atomic E-state index is 0.680. The highest BCUT2D eigenvalue weighted by atomic mass is 35.5. The van der Waals surface area contributed by atoms with Crippen molar-refractivity contribution in [3.8, 4) is 11.5 Å². The van der Waals surface area contributed by atoms with E-state index in [1.807, 2.05) is 24.3 Å². The lowest BCUT2D eigenvalue weighted by molar-refractivity contribution is -0.0236. The van der Waals surface area contributed by atoms with Crippen LogP contribution in [0.4, 0.5) is 0 Å². The lowest BCUT2D eigenvalue weighted by Gasteiger charge is -2.38. The maximum Gasteiger partial charge on any atom is 0.122 e. The highest BCUT2D eigenvalue weighted by molar-refractivity contribution is 6.25. The SMILES string of the molecule is COc1cc(OC)cc(C2(O)CCN(C/C=C/Cl)CC2)c1. The number of benzene rings is 1. The number of piperidine rings is 1. The third-order valence-corrected chi connectivity index (χ3v) is 4.20. The Hall–Kier alpha value is -1.23. The van der Waals surface area contributed by atoms with Crippen LogP contribution in [0.2, 0.25) is 0 Å². The predicted molar refractivity (Wildman–Crippen MR) is 84.1 cm³/mol. The molecule has 0 unspecified atom stereocenters. The lowest BCUT2D eigenvalue weighted by atomic mass is 9.84. The Morgan fingerprint density at radius 1 is 1.19 bits per heavy atom. The molecule has 0 bridgehead atoms. The van der Waals surface area contributed by atoms with Crippen molar-refractivity contribution in [2.45, 2.75) is 18.4 Å². The molecular formula is C16H22ClNO3. The Morgan fingerprint density at radius 3 is 2.24 bits per heavy atom. The highest BCUT2D eigenvalue weighted by Crippen LogP contribution is 2.36. The summed E-state index contributed by atoms with van der Waals surface area (Å²) >= 11 is 5.56. The number of nitrogens with zero attached hydrogens (tertiary/aromatic N) is 1. The molecule has 116 valence electrons. The lowest BCUT2D eigenvalue weighted by Crippen LogP contribution is -2.42. The first kappa shape index (κ1) is 16.1. The van der Waals surface area contributed by atoms with Gasteiger partial charge in [-0.05, 0) is 30.5 Å². The zero-order valence-corrected chi connectivity index (χ0v) is 13.3. The number of likely N-dealkylation sites (tertiary alicyclic amines) is 1. The smallest absolute Gasteiger partial charge is 0.122 e. The van der Waals surface area contributed by atoms with E-state index < -0.39 is 5.60 Å². The molecule has 0 aromatic heterocycles. The number of methoxy groups -OCH3 is 2. The van der Waals surface area contributed by atoms with Gasteiger partial charge in [-0.2, -0.15) is 0 Å².